The summed E-state index contributed by atoms with van der Waals surface area (Å²) in [6.07, 6.45) is 0. The van der Waals surface area contributed by atoms with Gasteiger partial charge in [-0.25, -0.2) is 0 Å². The molecule has 4 N–H and O–H groups in total. The molecule has 0 heterocycles. The fraction of sp³-hybridized carbons (Fsp3) is 0. The van der Waals surface area contributed by atoms with E-state index < -0.39 is 5.91 Å². The van der Waals surface area contributed by atoms with E-state index in [0.717, 1.165) is 0 Å². The molecule has 108 valence electrons. The van der Waals surface area contributed by atoms with E-state index in [-0.39, 0.29) is 10.7 Å². The molecule has 2 aromatic carbocycles. The molecule has 0 saturated heterocycles. The Morgan fingerprint density at radius 3 is 2.52 bits per heavy atom. The molecule has 0 aliphatic carbocycles. The summed E-state index contributed by atoms with van der Waals surface area (Å²) in [6, 6.07) is 9.38. The zero-order valence-electron chi connectivity index (χ0n) is 10.6. The Balaban J connectivity index is 2.28. The van der Waals surface area contributed by atoms with Crippen LogP contribution in [-0.4, -0.2) is 16.0 Å². The highest BCUT2D eigenvalue weighted by molar-refractivity contribution is 9.10. The van der Waals surface area contributed by atoms with E-state index in [1.54, 1.807) is 30.3 Å². The van der Waals surface area contributed by atoms with Crippen molar-refractivity contribution in [1.29, 1.82) is 0 Å². The zero-order chi connectivity index (χ0) is 15.6. The maximum absolute atomic E-state index is 12.2. The summed E-state index contributed by atoms with van der Waals surface area (Å²) in [5.41, 5.74) is 6.85. The largest absolute Gasteiger partial charge is 0.507 e. The standard InChI is InChI=1S/C14H10BrClN2O2S/c15-9-3-1-8(6-12(9)19)14(20)18-11-5-7(13(17)21)2-4-10(11)16/h1-6,19H,(H2,17,21)(H,18,20). The van der Waals surface area contributed by atoms with Crippen LogP contribution in [0.5, 0.6) is 5.75 Å². The number of carbonyl (C=O) groups excluding carboxylic acids is 1. The molecule has 0 saturated carbocycles. The van der Waals surface area contributed by atoms with Crippen molar-refractivity contribution in [1.82, 2.24) is 0 Å². The number of aromatic hydroxyl groups is 1. The molecule has 1 amide bonds. The van der Waals surface area contributed by atoms with Crippen molar-refractivity contribution in [3.05, 3.63) is 57.0 Å². The third kappa shape index (κ3) is 3.72. The predicted molar refractivity (Wildman–Crippen MR) is 91.1 cm³/mol. The lowest BCUT2D eigenvalue weighted by molar-refractivity contribution is 0.102. The Hall–Kier alpha value is -1.63. The Morgan fingerprint density at radius 2 is 1.90 bits per heavy atom. The Labute approximate surface area is 140 Å². The number of nitrogens with one attached hydrogen (secondary N) is 1. The number of halogens is 2. The molecule has 2 aromatic rings. The van der Waals surface area contributed by atoms with E-state index in [9.17, 15) is 9.90 Å². The Bertz CT molecular complexity index is 737. The van der Waals surface area contributed by atoms with Gasteiger partial charge in [0.15, 0.2) is 0 Å². The summed E-state index contributed by atoms with van der Waals surface area (Å²) < 4.78 is 0.507. The van der Waals surface area contributed by atoms with Crippen LogP contribution < -0.4 is 11.1 Å². The maximum Gasteiger partial charge on any atom is 0.255 e. The summed E-state index contributed by atoms with van der Waals surface area (Å²) in [4.78, 5) is 12.4. The molecule has 0 bridgehead atoms. The second kappa shape index (κ2) is 6.43. The first-order valence-electron chi connectivity index (χ1n) is 5.77. The second-order valence-electron chi connectivity index (χ2n) is 4.18. The number of hydrogen-bond acceptors (Lipinski definition) is 3. The number of carbonyl (C=O) groups is 1. The van der Waals surface area contributed by atoms with Gasteiger partial charge in [0.25, 0.3) is 5.91 Å². The first-order valence-corrected chi connectivity index (χ1v) is 7.35. The van der Waals surface area contributed by atoms with E-state index in [1.165, 1.54) is 6.07 Å². The number of anilines is 1. The van der Waals surface area contributed by atoms with E-state index in [0.29, 0.717) is 26.3 Å². The van der Waals surface area contributed by atoms with Gasteiger partial charge in [-0.05, 0) is 46.3 Å². The van der Waals surface area contributed by atoms with Crippen LogP contribution in [0.4, 0.5) is 5.69 Å². The van der Waals surface area contributed by atoms with Gasteiger partial charge in [0.1, 0.15) is 10.7 Å². The van der Waals surface area contributed by atoms with Crippen LogP contribution in [0.15, 0.2) is 40.9 Å². The van der Waals surface area contributed by atoms with Crippen LogP contribution >= 0.6 is 39.7 Å². The number of phenolic OH excluding ortho intramolecular Hbond substituents is 1. The molecule has 0 aromatic heterocycles. The molecule has 4 nitrogen and oxygen atoms in total. The number of benzene rings is 2. The van der Waals surface area contributed by atoms with Gasteiger partial charge < -0.3 is 16.2 Å². The predicted octanol–water partition coefficient (Wildman–Crippen LogP) is 3.69. The van der Waals surface area contributed by atoms with Gasteiger partial charge >= 0.3 is 0 Å². The average Bonchev–Trinajstić information content (AvgIpc) is 2.43. The molecular weight excluding hydrogens is 376 g/mol. The topological polar surface area (TPSA) is 75.3 Å². The van der Waals surface area contributed by atoms with Gasteiger partial charge in [-0.1, -0.05) is 29.9 Å². The quantitative estimate of drug-likeness (QED) is 0.704. The lowest BCUT2D eigenvalue weighted by Gasteiger charge is -2.09. The lowest BCUT2D eigenvalue weighted by atomic mass is 10.1. The molecule has 0 aliphatic rings. The third-order valence-electron chi connectivity index (χ3n) is 2.71. The van der Waals surface area contributed by atoms with E-state index in [1.807, 2.05) is 0 Å². The second-order valence-corrected chi connectivity index (χ2v) is 5.88. The third-order valence-corrected chi connectivity index (χ3v) is 3.94. The van der Waals surface area contributed by atoms with Crippen LogP contribution in [0.25, 0.3) is 0 Å². The summed E-state index contributed by atoms with van der Waals surface area (Å²) in [7, 11) is 0. The minimum atomic E-state index is -0.403. The Morgan fingerprint density at radius 1 is 1.24 bits per heavy atom. The highest BCUT2D eigenvalue weighted by Gasteiger charge is 2.11. The normalized spacial score (nSPS) is 10.2. The number of rotatable bonds is 3. The van der Waals surface area contributed by atoms with Crippen LogP contribution in [0.1, 0.15) is 15.9 Å². The first kappa shape index (κ1) is 15.8. The lowest BCUT2D eigenvalue weighted by Crippen LogP contribution is -2.14. The average molecular weight is 386 g/mol. The van der Waals surface area contributed by atoms with Crippen molar-refractivity contribution in [3.63, 3.8) is 0 Å². The fourth-order valence-corrected chi connectivity index (χ4v) is 2.16. The van der Waals surface area contributed by atoms with Crippen molar-refractivity contribution in [2.75, 3.05) is 5.32 Å². The number of hydrogen-bond donors (Lipinski definition) is 3. The van der Waals surface area contributed by atoms with Gasteiger partial charge in [-0.2, -0.15) is 0 Å². The number of amides is 1. The fourth-order valence-electron chi connectivity index (χ4n) is 1.62. The van der Waals surface area contributed by atoms with Crippen molar-refractivity contribution in [3.8, 4) is 5.75 Å². The van der Waals surface area contributed by atoms with E-state index in [4.69, 9.17) is 29.6 Å². The molecule has 0 aliphatic heterocycles. The summed E-state index contributed by atoms with van der Waals surface area (Å²) in [6.45, 7) is 0. The molecule has 21 heavy (non-hydrogen) atoms. The van der Waals surface area contributed by atoms with Gasteiger partial charge in [0.2, 0.25) is 0 Å². The van der Waals surface area contributed by atoms with E-state index >= 15 is 0 Å². The molecule has 0 unspecified atom stereocenters. The number of nitrogens with two attached hydrogens (primary N) is 1. The summed E-state index contributed by atoms with van der Waals surface area (Å²) >= 11 is 14.1. The maximum atomic E-state index is 12.2. The van der Waals surface area contributed by atoms with E-state index in [2.05, 4.69) is 21.2 Å². The van der Waals surface area contributed by atoms with Crippen molar-refractivity contribution in [2.45, 2.75) is 0 Å². The van der Waals surface area contributed by atoms with Gasteiger partial charge in [-0.15, -0.1) is 0 Å². The van der Waals surface area contributed by atoms with Gasteiger partial charge in [0, 0.05) is 11.1 Å². The summed E-state index contributed by atoms with van der Waals surface area (Å²) in [5, 5.41) is 12.6. The highest BCUT2D eigenvalue weighted by Crippen LogP contribution is 2.26. The zero-order valence-corrected chi connectivity index (χ0v) is 13.7. The van der Waals surface area contributed by atoms with Crippen LogP contribution in [-0.2, 0) is 0 Å². The van der Waals surface area contributed by atoms with Crippen LogP contribution in [0.2, 0.25) is 5.02 Å². The minimum Gasteiger partial charge on any atom is -0.507 e. The molecular formula is C14H10BrClN2O2S. The minimum absolute atomic E-state index is 0.0226. The monoisotopic (exact) mass is 384 g/mol. The van der Waals surface area contributed by atoms with Crippen molar-refractivity contribution >= 4 is 56.3 Å². The number of phenols is 1. The molecule has 0 fully saturated rings. The molecule has 2 rings (SSSR count). The molecule has 0 radical (unpaired) electrons. The van der Waals surface area contributed by atoms with Crippen molar-refractivity contribution in [2.24, 2.45) is 5.73 Å². The molecule has 0 spiro atoms. The van der Waals surface area contributed by atoms with Crippen LogP contribution in [0, 0.1) is 0 Å². The first-order chi connectivity index (χ1) is 9.88. The molecule has 0 atom stereocenters. The van der Waals surface area contributed by atoms with Gasteiger partial charge in [-0.3, -0.25) is 4.79 Å². The van der Waals surface area contributed by atoms with Crippen LogP contribution in [0.3, 0.4) is 0 Å². The Kier molecular flexibility index (Phi) is 4.82. The summed E-state index contributed by atoms with van der Waals surface area (Å²) in [5.74, 6) is -0.426. The highest BCUT2D eigenvalue weighted by atomic mass is 79.9. The van der Waals surface area contributed by atoms with Gasteiger partial charge in [0.05, 0.1) is 15.2 Å². The number of thiocarbonyl (C=S) groups is 1. The smallest absolute Gasteiger partial charge is 0.255 e. The SMILES string of the molecule is NC(=S)c1ccc(Cl)c(NC(=O)c2ccc(Br)c(O)c2)c1. The van der Waals surface area contributed by atoms with Crippen molar-refractivity contribution < 1.29 is 9.90 Å². The molecule has 7 heteroatoms.